The summed E-state index contributed by atoms with van der Waals surface area (Å²) < 4.78 is 5.00. The number of anilines is 6. The number of aryl methyl sites for hydroxylation is 2. The Labute approximate surface area is 407 Å². The molecule has 2 aromatic heterocycles. The van der Waals surface area contributed by atoms with E-state index in [4.69, 9.17) is 0 Å². The number of para-hydroxylation sites is 8. The molecule has 2 aliphatic rings. The van der Waals surface area contributed by atoms with Gasteiger partial charge >= 0.3 is 0 Å². The van der Waals surface area contributed by atoms with Crippen LogP contribution in [-0.4, -0.2) is 9.13 Å². The van der Waals surface area contributed by atoms with Crippen molar-refractivity contribution in [3.8, 4) is 67.3 Å². The molecule has 0 fully saturated rings. The zero-order chi connectivity index (χ0) is 46.5. The quantitative estimate of drug-likeness (QED) is 0.171. The lowest BCUT2D eigenvalue weighted by Gasteiger charge is -2.27. The molecule has 70 heavy (non-hydrogen) atoms. The minimum absolute atomic E-state index is 1.13. The highest BCUT2D eigenvalue weighted by Crippen LogP contribution is 2.56. The Balaban J connectivity index is 0.927. The molecule has 0 radical (unpaired) electrons. The number of aromatic nitrogens is 2. The Morgan fingerprint density at radius 3 is 0.986 bits per heavy atom. The van der Waals surface area contributed by atoms with Crippen molar-refractivity contribution in [3.05, 3.63) is 254 Å². The molecule has 4 heteroatoms. The molecule has 330 valence electrons. The van der Waals surface area contributed by atoms with E-state index >= 15 is 0 Å². The normalized spacial score (nSPS) is 12.4. The van der Waals surface area contributed by atoms with E-state index in [1.54, 1.807) is 0 Å². The van der Waals surface area contributed by atoms with E-state index in [2.05, 4.69) is 275 Å². The van der Waals surface area contributed by atoms with Gasteiger partial charge < -0.3 is 18.9 Å². The van der Waals surface area contributed by atoms with Gasteiger partial charge in [0.25, 0.3) is 0 Å². The van der Waals surface area contributed by atoms with Gasteiger partial charge in [-0.15, -0.1) is 0 Å². The summed E-state index contributed by atoms with van der Waals surface area (Å²) in [6.07, 6.45) is 0. The molecule has 0 amide bonds. The molecule has 0 saturated carbocycles. The van der Waals surface area contributed by atoms with Gasteiger partial charge in [0.15, 0.2) is 0 Å². The van der Waals surface area contributed by atoms with Crippen LogP contribution in [-0.2, 0) is 0 Å². The summed E-state index contributed by atoms with van der Waals surface area (Å²) in [6.45, 7) is 4.53. The SMILES string of the molecule is Cc1cc(-n2c3c(c4ccccc42)-c2ccccc2N(c2ccccc2)c2ccccc2-3)ccc1-c1ccc(-n2c3c(c4ccccc42)-c2ccccc2N(c2ccccc2)c2ccccc2-3)cc1C. The summed E-state index contributed by atoms with van der Waals surface area (Å²) in [5, 5.41) is 2.47. The smallest absolute Gasteiger partial charge is 0.0641 e. The van der Waals surface area contributed by atoms with E-state index in [1.165, 1.54) is 100 Å². The highest BCUT2D eigenvalue weighted by molar-refractivity contribution is 6.14. The number of hydrogen-bond acceptors (Lipinski definition) is 2. The van der Waals surface area contributed by atoms with Crippen LogP contribution in [0.1, 0.15) is 11.1 Å². The maximum Gasteiger partial charge on any atom is 0.0641 e. The lowest BCUT2D eigenvalue weighted by atomic mass is 9.95. The molecular weight excluding hydrogens is 849 g/mol. The van der Waals surface area contributed by atoms with Gasteiger partial charge in [0.1, 0.15) is 0 Å². The predicted octanol–water partition coefficient (Wildman–Crippen LogP) is 18.1. The maximum absolute atomic E-state index is 2.50. The van der Waals surface area contributed by atoms with Gasteiger partial charge in [-0.25, -0.2) is 0 Å². The molecule has 4 heterocycles. The summed E-state index contributed by atoms with van der Waals surface area (Å²) in [5.74, 6) is 0. The van der Waals surface area contributed by atoms with Crippen molar-refractivity contribution in [2.45, 2.75) is 13.8 Å². The van der Waals surface area contributed by atoms with Gasteiger partial charge in [-0.3, -0.25) is 0 Å². The summed E-state index contributed by atoms with van der Waals surface area (Å²) >= 11 is 0. The Morgan fingerprint density at radius 1 is 0.257 bits per heavy atom. The Kier molecular flexibility index (Phi) is 8.99. The van der Waals surface area contributed by atoms with E-state index in [0.717, 1.165) is 34.1 Å². The van der Waals surface area contributed by atoms with E-state index < -0.39 is 0 Å². The first-order valence-corrected chi connectivity index (χ1v) is 24.2. The van der Waals surface area contributed by atoms with Crippen molar-refractivity contribution in [2.24, 2.45) is 0 Å². The van der Waals surface area contributed by atoms with Gasteiger partial charge in [0.05, 0.1) is 45.2 Å². The van der Waals surface area contributed by atoms with Crippen molar-refractivity contribution in [1.82, 2.24) is 9.13 Å². The highest BCUT2D eigenvalue weighted by Gasteiger charge is 2.33. The van der Waals surface area contributed by atoms with Crippen molar-refractivity contribution >= 4 is 55.9 Å². The van der Waals surface area contributed by atoms with Gasteiger partial charge in [-0.1, -0.05) is 158 Å². The zero-order valence-corrected chi connectivity index (χ0v) is 38.9. The lowest BCUT2D eigenvalue weighted by Crippen LogP contribution is -2.11. The maximum atomic E-state index is 2.50. The topological polar surface area (TPSA) is 16.3 Å². The van der Waals surface area contributed by atoms with E-state index in [1.807, 2.05) is 0 Å². The van der Waals surface area contributed by atoms with Crippen molar-refractivity contribution in [3.63, 3.8) is 0 Å². The summed E-state index contributed by atoms with van der Waals surface area (Å²) in [4.78, 5) is 4.85. The Bertz CT molecular complexity index is 3780. The van der Waals surface area contributed by atoms with E-state index in [9.17, 15) is 0 Å². The van der Waals surface area contributed by atoms with Crippen LogP contribution in [0.15, 0.2) is 243 Å². The third kappa shape index (κ3) is 5.90. The first kappa shape index (κ1) is 40.0. The third-order valence-electron chi connectivity index (χ3n) is 14.6. The fraction of sp³-hybridized carbons (Fsp3) is 0.0303. The minimum Gasteiger partial charge on any atom is -0.309 e. The standard InChI is InChI=1S/C66H46N4/c1-43-41-47(69-59-33-17-11-27-53(59)63-51-25-9-15-31-57(51)67(45-21-5-3-6-22-45)61-35-19-13-29-55(61)65(63)69)37-39-49(43)50-40-38-48(42-44(50)2)70-60-34-18-12-28-54(60)64-52-26-10-16-32-58(52)68(46-23-7-4-8-24-46)62-36-20-14-30-56(62)66(64)70/h3-42H,1-2H3. The van der Waals surface area contributed by atoms with Gasteiger partial charge in [-0.2, -0.15) is 0 Å². The molecule has 14 rings (SSSR count). The number of rotatable bonds is 5. The number of nitrogens with zero attached hydrogens (tertiary/aromatic N) is 4. The van der Waals surface area contributed by atoms with Crippen molar-refractivity contribution in [1.29, 1.82) is 0 Å². The number of hydrogen-bond donors (Lipinski definition) is 0. The highest BCUT2D eigenvalue weighted by atomic mass is 15.2. The van der Waals surface area contributed by atoms with E-state index in [0.29, 0.717) is 0 Å². The van der Waals surface area contributed by atoms with Crippen LogP contribution < -0.4 is 9.80 Å². The molecule has 2 aliphatic heterocycles. The summed E-state index contributed by atoms with van der Waals surface area (Å²) in [7, 11) is 0. The second kappa shape index (κ2) is 15.7. The van der Waals surface area contributed by atoms with Gasteiger partial charge in [-0.05, 0) is 121 Å². The lowest BCUT2D eigenvalue weighted by molar-refractivity contribution is 1.12. The van der Waals surface area contributed by atoms with Crippen LogP contribution in [0.25, 0.3) is 89.1 Å². The van der Waals surface area contributed by atoms with Crippen molar-refractivity contribution in [2.75, 3.05) is 9.80 Å². The molecule has 0 bridgehead atoms. The van der Waals surface area contributed by atoms with Gasteiger partial charge in [0.2, 0.25) is 0 Å². The second-order valence-electron chi connectivity index (χ2n) is 18.6. The fourth-order valence-corrected chi connectivity index (χ4v) is 11.7. The van der Waals surface area contributed by atoms with Crippen LogP contribution in [0.3, 0.4) is 0 Å². The summed E-state index contributed by atoms with van der Waals surface area (Å²) in [6, 6.07) is 89.0. The third-order valence-corrected chi connectivity index (χ3v) is 14.6. The fourth-order valence-electron chi connectivity index (χ4n) is 11.7. The van der Waals surface area contributed by atoms with Crippen LogP contribution in [0.5, 0.6) is 0 Å². The number of fused-ring (bicyclic) bond motifs is 14. The molecule has 4 nitrogen and oxygen atoms in total. The average molecular weight is 895 g/mol. The molecule has 0 atom stereocenters. The molecule has 0 saturated heterocycles. The first-order chi connectivity index (χ1) is 34.6. The number of benzene rings is 10. The molecule has 0 aliphatic carbocycles. The van der Waals surface area contributed by atoms with Crippen LogP contribution >= 0.6 is 0 Å². The molecule has 0 unspecified atom stereocenters. The van der Waals surface area contributed by atoms with E-state index in [-0.39, 0.29) is 0 Å². The van der Waals surface area contributed by atoms with Crippen LogP contribution in [0.2, 0.25) is 0 Å². The van der Waals surface area contributed by atoms with Crippen molar-refractivity contribution < 1.29 is 0 Å². The zero-order valence-electron chi connectivity index (χ0n) is 38.9. The molecule has 0 N–H and O–H groups in total. The summed E-state index contributed by atoms with van der Waals surface area (Å²) in [5.41, 5.74) is 26.2. The predicted molar refractivity (Wildman–Crippen MR) is 293 cm³/mol. The first-order valence-electron chi connectivity index (χ1n) is 24.2. The average Bonchev–Trinajstić information content (AvgIpc) is 3.85. The second-order valence-corrected chi connectivity index (χ2v) is 18.6. The van der Waals surface area contributed by atoms with Gasteiger partial charge in [0, 0.05) is 66.9 Å². The molecule has 0 spiro atoms. The van der Waals surface area contributed by atoms with Crippen LogP contribution in [0, 0.1) is 13.8 Å². The largest absolute Gasteiger partial charge is 0.309 e. The molecular formula is C66H46N4. The minimum atomic E-state index is 1.13. The Hall–Kier alpha value is -9.12. The monoisotopic (exact) mass is 894 g/mol. The molecule has 12 aromatic rings. The van der Waals surface area contributed by atoms with Crippen LogP contribution in [0.4, 0.5) is 34.1 Å². The Morgan fingerprint density at radius 2 is 0.586 bits per heavy atom. The molecule has 10 aromatic carbocycles.